The highest BCUT2D eigenvalue weighted by atomic mass is 32.2. The first-order valence-corrected chi connectivity index (χ1v) is 7.45. The predicted octanol–water partition coefficient (Wildman–Crippen LogP) is 0.524. The molecule has 1 aliphatic carbocycles. The second-order valence-electron chi connectivity index (χ2n) is 4.62. The van der Waals surface area contributed by atoms with Gasteiger partial charge in [0.25, 0.3) is 11.6 Å². The minimum atomic E-state index is -4.12. The fourth-order valence-electron chi connectivity index (χ4n) is 1.81. The van der Waals surface area contributed by atoms with Crippen LogP contribution in [0.25, 0.3) is 0 Å². The number of sulfonamides is 1. The minimum absolute atomic E-state index is 0.0414. The first kappa shape index (κ1) is 14.4. The first-order chi connectivity index (χ1) is 9.27. The third kappa shape index (κ3) is 3.11. The van der Waals surface area contributed by atoms with Crippen LogP contribution in [0, 0.1) is 10.1 Å². The van der Waals surface area contributed by atoms with Gasteiger partial charge in [-0.15, -0.1) is 0 Å². The number of carbonyl (C=O) groups excluding carboxylic acids is 1. The Kier molecular flexibility index (Phi) is 3.73. The number of primary sulfonamides is 1. The fraction of sp³-hybridized carbons (Fsp3) is 0.364. The van der Waals surface area contributed by atoms with Crippen molar-refractivity contribution in [1.29, 1.82) is 0 Å². The zero-order chi connectivity index (χ0) is 14.9. The van der Waals surface area contributed by atoms with E-state index in [-0.39, 0.29) is 11.6 Å². The van der Waals surface area contributed by atoms with E-state index < -0.39 is 31.4 Å². The average Bonchev–Trinajstić information content (AvgIpc) is 2.31. The maximum atomic E-state index is 11.9. The molecule has 0 spiro atoms. The maximum Gasteiger partial charge on any atom is 0.271 e. The van der Waals surface area contributed by atoms with Gasteiger partial charge in [0, 0.05) is 23.7 Å². The summed E-state index contributed by atoms with van der Waals surface area (Å²) in [5.41, 5.74) is -0.578. The van der Waals surface area contributed by atoms with Gasteiger partial charge in [-0.2, -0.15) is 0 Å². The van der Waals surface area contributed by atoms with Crippen molar-refractivity contribution in [3.63, 3.8) is 0 Å². The normalized spacial score (nSPS) is 15.4. The van der Waals surface area contributed by atoms with Crippen molar-refractivity contribution in [2.45, 2.75) is 30.2 Å². The zero-order valence-electron chi connectivity index (χ0n) is 10.4. The Morgan fingerprint density at radius 3 is 2.45 bits per heavy atom. The standard InChI is InChI=1S/C11H13N3O5S/c12-20(18,19)10-5-7(4-9(6-10)14(16)17)11(15)13-8-2-1-3-8/h4-6,8H,1-3H2,(H,13,15)(H2,12,18,19). The molecule has 0 heterocycles. The molecule has 3 N–H and O–H groups in total. The van der Waals surface area contributed by atoms with Gasteiger partial charge in [0.05, 0.1) is 9.82 Å². The van der Waals surface area contributed by atoms with Crippen molar-refractivity contribution in [2.75, 3.05) is 0 Å². The molecule has 0 aromatic heterocycles. The second-order valence-corrected chi connectivity index (χ2v) is 6.18. The van der Waals surface area contributed by atoms with Gasteiger partial charge in [0.2, 0.25) is 10.0 Å². The van der Waals surface area contributed by atoms with Crippen LogP contribution in [0.4, 0.5) is 5.69 Å². The van der Waals surface area contributed by atoms with Crippen LogP contribution in [-0.4, -0.2) is 25.3 Å². The molecule has 0 unspecified atom stereocenters. The van der Waals surface area contributed by atoms with Crippen LogP contribution in [0.5, 0.6) is 0 Å². The highest BCUT2D eigenvalue weighted by Crippen LogP contribution is 2.22. The van der Waals surface area contributed by atoms with Crippen LogP contribution in [0.15, 0.2) is 23.1 Å². The van der Waals surface area contributed by atoms with Crippen molar-refractivity contribution >= 4 is 21.6 Å². The van der Waals surface area contributed by atoms with E-state index in [0.29, 0.717) is 0 Å². The molecule has 8 nitrogen and oxygen atoms in total. The molecule has 0 atom stereocenters. The van der Waals surface area contributed by atoms with Crippen LogP contribution in [0.1, 0.15) is 29.6 Å². The SMILES string of the molecule is NS(=O)(=O)c1cc(C(=O)NC2CCC2)cc([N+](=O)[O-])c1. The molecule has 108 valence electrons. The number of nitro groups is 1. The third-order valence-electron chi connectivity index (χ3n) is 3.13. The van der Waals surface area contributed by atoms with E-state index in [0.717, 1.165) is 37.5 Å². The van der Waals surface area contributed by atoms with Crippen LogP contribution in [-0.2, 0) is 10.0 Å². The molecule has 20 heavy (non-hydrogen) atoms. The highest BCUT2D eigenvalue weighted by molar-refractivity contribution is 7.89. The number of hydrogen-bond donors (Lipinski definition) is 2. The second kappa shape index (κ2) is 5.17. The molecule has 0 radical (unpaired) electrons. The van der Waals surface area contributed by atoms with Crippen LogP contribution < -0.4 is 10.5 Å². The summed E-state index contributed by atoms with van der Waals surface area (Å²) in [4.78, 5) is 21.5. The van der Waals surface area contributed by atoms with E-state index >= 15 is 0 Å². The van der Waals surface area contributed by atoms with Crippen molar-refractivity contribution in [3.8, 4) is 0 Å². The topological polar surface area (TPSA) is 132 Å². The number of nitrogens with one attached hydrogen (secondary N) is 1. The van der Waals surface area contributed by atoms with Crippen molar-refractivity contribution in [2.24, 2.45) is 5.14 Å². The lowest BCUT2D eigenvalue weighted by Crippen LogP contribution is -2.39. The van der Waals surface area contributed by atoms with E-state index in [1.54, 1.807) is 0 Å². The number of rotatable bonds is 4. The van der Waals surface area contributed by atoms with Crippen LogP contribution >= 0.6 is 0 Å². The number of carbonyl (C=O) groups is 1. The Labute approximate surface area is 115 Å². The van der Waals surface area contributed by atoms with Gasteiger partial charge in [-0.3, -0.25) is 14.9 Å². The molecule has 1 fully saturated rings. The molecule has 9 heteroatoms. The third-order valence-corrected chi connectivity index (χ3v) is 4.03. The Hall–Kier alpha value is -2.00. The van der Waals surface area contributed by atoms with Gasteiger partial charge in [0.15, 0.2) is 0 Å². The average molecular weight is 299 g/mol. The Bertz CT molecular complexity index is 667. The Morgan fingerprint density at radius 2 is 2.00 bits per heavy atom. The first-order valence-electron chi connectivity index (χ1n) is 5.90. The van der Waals surface area contributed by atoms with E-state index in [1.165, 1.54) is 0 Å². The lowest BCUT2D eigenvalue weighted by molar-refractivity contribution is -0.385. The molecule has 1 aliphatic rings. The zero-order valence-corrected chi connectivity index (χ0v) is 11.2. The summed E-state index contributed by atoms with van der Waals surface area (Å²) < 4.78 is 22.6. The van der Waals surface area contributed by atoms with Crippen molar-refractivity contribution in [3.05, 3.63) is 33.9 Å². The largest absolute Gasteiger partial charge is 0.349 e. The minimum Gasteiger partial charge on any atom is -0.349 e. The fourth-order valence-corrected chi connectivity index (χ4v) is 2.38. The smallest absolute Gasteiger partial charge is 0.271 e. The summed E-state index contributed by atoms with van der Waals surface area (Å²) in [6, 6.07) is 2.94. The molecule has 0 aliphatic heterocycles. The molecular weight excluding hydrogens is 286 g/mol. The molecule has 1 amide bonds. The number of hydrogen-bond acceptors (Lipinski definition) is 5. The van der Waals surface area contributed by atoms with E-state index in [2.05, 4.69) is 5.32 Å². The summed E-state index contributed by atoms with van der Waals surface area (Å²) in [6.45, 7) is 0. The number of nitrogens with zero attached hydrogens (tertiary/aromatic N) is 1. The lowest BCUT2D eigenvalue weighted by atomic mass is 9.93. The number of benzene rings is 1. The monoisotopic (exact) mass is 299 g/mol. The van der Waals surface area contributed by atoms with Gasteiger partial charge in [-0.05, 0) is 25.3 Å². The quantitative estimate of drug-likeness (QED) is 0.618. The van der Waals surface area contributed by atoms with Crippen LogP contribution in [0.3, 0.4) is 0 Å². The van der Waals surface area contributed by atoms with Gasteiger partial charge < -0.3 is 5.32 Å². The summed E-state index contributed by atoms with van der Waals surface area (Å²) >= 11 is 0. The predicted molar refractivity (Wildman–Crippen MR) is 69.6 cm³/mol. The Morgan fingerprint density at radius 1 is 1.35 bits per heavy atom. The number of nitrogens with two attached hydrogens (primary N) is 1. The molecule has 1 saturated carbocycles. The molecule has 1 aromatic carbocycles. The molecule has 1 aromatic rings. The van der Waals surface area contributed by atoms with Crippen molar-refractivity contribution < 1.29 is 18.1 Å². The Balaban J connectivity index is 2.38. The van der Waals surface area contributed by atoms with Gasteiger partial charge >= 0.3 is 0 Å². The van der Waals surface area contributed by atoms with Gasteiger partial charge in [0.1, 0.15) is 0 Å². The van der Waals surface area contributed by atoms with E-state index in [1.807, 2.05) is 0 Å². The number of amides is 1. The summed E-state index contributed by atoms with van der Waals surface area (Å²) in [6.07, 6.45) is 2.72. The summed E-state index contributed by atoms with van der Waals surface area (Å²) in [7, 11) is -4.12. The highest BCUT2D eigenvalue weighted by Gasteiger charge is 2.23. The molecule has 0 saturated heterocycles. The summed E-state index contributed by atoms with van der Waals surface area (Å²) in [5, 5.41) is 18.4. The van der Waals surface area contributed by atoms with E-state index in [4.69, 9.17) is 5.14 Å². The van der Waals surface area contributed by atoms with Crippen LogP contribution in [0.2, 0.25) is 0 Å². The van der Waals surface area contributed by atoms with Gasteiger partial charge in [-0.1, -0.05) is 0 Å². The number of non-ortho nitro benzene ring substituents is 1. The maximum absolute atomic E-state index is 11.9. The summed E-state index contributed by atoms with van der Waals surface area (Å²) in [5.74, 6) is -0.539. The molecular formula is C11H13N3O5S. The van der Waals surface area contributed by atoms with Crippen molar-refractivity contribution in [1.82, 2.24) is 5.32 Å². The molecule has 2 rings (SSSR count). The van der Waals surface area contributed by atoms with Gasteiger partial charge in [-0.25, -0.2) is 13.6 Å². The molecule has 0 bridgehead atoms. The number of nitro benzene ring substituents is 1. The van der Waals surface area contributed by atoms with E-state index in [9.17, 15) is 23.3 Å². The lowest BCUT2D eigenvalue weighted by Gasteiger charge is -2.26.